The van der Waals surface area contributed by atoms with Crippen molar-refractivity contribution in [1.82, 2.24) is 10.2 Å². The molecule has 1 atom stereocenters. The first kappa shape index (κ1) is 34.1. The van der Waals surface area contributed by atoms with E-state index in [0.29, 0.717) is 21.7 Å². The van der Waals surface area contributed by atoms with Crippen molar-refractivity contribution in [2.45, 2.75) is 68.7 Å². The van der Waals surface area contributed by atoms with Crippen molar-refractivity contribution in [3.05, 3.63) is 88.9 Å². The van der Waals surface area contributed by atoms with E-state index in [1.165, 1.54) is 36.3 Å². The van der Waals surface area contributed by atoms with Crippen LogP contribution in [0.2, 0.25) is 5.02 Å². The van der Waals surface area contributed by atoms with E-state index in [-0.39, 0.29) is 29.8 Å². The van der Waals surface area contributed by atoms with Gasteiger partial charge in [0.1, 0.15) is 18.3 Å². The van der Waals surface area contributed by atoms with Crippen molar-refractivity contribution in [2.24, 2.45) is 0 Å². The summed E-state index contributed by atoms with van der Waals surface area (Å²) in [5.74, 6) is -0.657. The van der Waals surface area contributed by atoms with Crippen molar-refractivity contribution in [3.63, 3.8) is 0 Å². The third kappa shape index (κ3) is 8.29. The molecule has 1 aliphatic carbocycles. The number of hydrogen-bond acceptors (Lipinski definition) is 5. The number of halogens is 4. The minimum absolute atomic E-state index is 0.0369. The smallest absolute Gasteiger partial charge is 0.417 e. The first-order chi connectivity index (χ1) is 21.3. The van der Waals surface area contributed by atoms with Gasteiger partial charge in [0.25, 0.3) is 10.0 Å². The van der Waals surface area contributed by atoms with Crippen molar-refractivity contribution >= 4 is 39.1 Å². The molecule has 13 heteroatoms. The number of sulfonamides is 1. The third-order valence-corrected chi connectivity index (χ3v) is 9.85. The number of hydrogen-bond donors (Lipinski definition) is 1. The second-order valence-corrected chi connectivity index (χ2v) is 13.0. The van der Waals surface area contributed by atoms with E-state index in [9.17, 15) is 31.2 Å². The van der Waals surface area contributed by atoms with E-state index >= 15 is 0 Å². The van der Waals surface area contributed by atoms with E-state index < -0.39 is 51.0 Å². The number of rotatable bonds is 12. The Hall–Kier alpha value is -3.77. The summed E-state index contributed by atoms with van der Waals surface area (Å²) in [6.45, 7) is 0.769. The lowest BCUT2D eigenvalue weighted by Gasteiger charge is -2.34. The molecule has 1 N–H and O–H groups in total. The second kappa shape index (κ2) is 14.6. The predicted molar refractivity (Wildman–Crippen MR) is 165 cm³/mol. The maximum Gasteiger partial charge on any atom is 0.417 e. The molecule has 1 aliphatic rings. The van der Waals surface area contributed by atoms with Crippen LogP contribution in [0.25, 0.3) is 0 Å². The normalized spacial score (nSPS) is 14.5. The van der Waals surface area contributed by atoms with Crippen LogP contribution in [0.4, 0.5) is 18.9 Å². The first-order valence-corrected chi connectivity index (χ1v) is 16.3. The van der Waals surface area contributed by atoms with E-state index in [4.69, 9.17) is 16.3 Å². The average Bonchev–Trinajstić information content (AvgIpc) is 3.53. The zero-order valence-electron chi connectivity index (χ0n) is 24.9. The van der Waals surface area contributed by atoms with Gasteiger partial charge in [0.05, 0.1) is 28.3 Å². The number of ether oxygens (including phenoxy) is 1. The molecular formula is C32H35ClF3N3O5S. The van der Waals surface area contributed by atoms with Crippen molar-refractivity contribution < 1.29 is 35.9 Å². The molecule has 242 valence electrons. The molecule has 0 heterocycles. The molecular weight excluding hydrogens is 631 g/mol. The van der Waals surface area contributed by atoms with Crippen LogP contribution in [0.3, 0.4) is 0 Å². The lowest BCUT2D eigenvalue weighted by atomic mass is 10.1. The number of nitrogens with zero attached hydrogens (tertiary/aromatic N) is 2. The number of carbonyl (C=O) groups excluding carboxylic acids is 2. The Morgan fingerprint density at radius 1 is 1.02 bits per heavy atom. The molecule has 3 aromatic carbocycles. The van der Waals surface area contributed by atoms with Gasteiger partial charge < -0.3 is 15.0 Å². The first-order valence-electron chi connectivity index (χ1n) is 14.5. The summed E-state index contributed by atoms with van der Waals surface area (Å²) in [6.07, 6.45) is -1.11. The lowest BCUT2D eigenvalue weighted by molar-refractivity contribution is -0.140. The van der Waals surface area contributed by atoms with Crippen LogP contribution < -0.4 is 14.4 Å². The summed E-state index contributed by atoms with van der Waals surface area (Å²) >= 11 is 5.84. The number of carbonyl (C=O) groups is 2. The summed E-state index contributed by atoms with van der Waals surface area (Å²) in [4.78, 5) is 28.8. The SMILES string of the molecule is CC[C@@H](C(=O)NC1CCCC1)N(Cc1cccc(OC)c1)C(=O)CN(c1ccc(Cl)c(C(F)(F)F)c1)S(=O)(=O)c1ccccc1. The molecule has 0 bridgehead atoms. The molecule has 0 saturated heterocycles. The number of alkyl halides is 3. The molecule has 0 unspecified atom stereocenters. The molecule has 8 nitrogen and oxygen atoms in total. The van der Waals surface area contributed by atoms with Crippen LogP contribution in [0.5, 0.6) is 5.75 Å². The van der Waals surface area contributed by atoms with Gasteiger partial charge in [0.15, 0.2) is 0 Å². The number of benzene rings is 3. The van der Waals surface area contributed by atoms with Crippen LogP contribution >= 0.6 is 11.6 Å². The summed E-state index contributed by atoms with van der Waals surface area (Å²) < 4.78 is 75.3. The maximum atomic E-state index is 14.2. The summed E-state index contributed by atoms with van der Waals surface area (Å²) in [7, 11) is -3.07. The molecule has 45 heavy (non-hydrogen) atoms. The van der Waals surface area contributed by atoms with Crippen molar-refractivity contribution in [1.29, 1.82) is 0 Å². The Balaban J connectivity index is 1.78. The molecule has 1 fully saturated rings. The average molecular weight is 666 g/mol. The molecule has 4 rings (SSSR count). The fourth-order valence-electron chi connectivity index (χ4n) is 5.39. The molecule has 3 aromatic rings. The molecule has 2 amide bonds. The molecule has 0 spiro atoms. The molecule has 0 aromatic heterocycles. The van der Waals surface area contributed by atoms with E-state index in [1.54, 1.807) is 37.3 Å². The number of amides is 2. The second-order valence-electron chi connectivity index (χ2n) is 10.8. The highest BCUT2D eigenvalue weighted by molar-refractivity contribution is 7.92. The number of nitrogens with one attached hydrogen (secondary N) is 1. The maximum absolute atomic E-state index is 14.2. The fourth-order valence-corrected chi connectivity index (χ4v) is 7.04. The van der Waals surface area contributed by atoms with Gasteiger partial charge in [-0.2, -0.15) is 13.2 Å². The Bertz CT molecular complexity index is 1600. The van der Waals surface area contributed by atoms with Crippen LogP contribution in [0, 0.1) is 0 Å². The van der Waals surface area contributed by atoms with E-state index in [1.807, 2.05) is 0 Å². The van der Waals surface area contributed by atoms with Crippen molar-refractivity contribution in [2.75, 3.05) is 18.0 Å². The Morgan fingerprint density at radius 2 is 1.71 bits per heavy atom. The zero-order valence-corrected chi connectivity index (χ0v) is 26.5. The highest BCUT2D eigenvalue weighted by Gasteiger charge is 2.37. The molecule has 0 radical (unpaired) electrons. The highest BCUT2D eigenvalue weighted by Crippen LogP contribution is 2.38. The number of anilines is 1. The van der Waals surface area contributed by atoms with Gasteiger partial charge in [0, 0.05) is 12.6 Å². The minimum Gasteiger partial charge on any atom is -0.497 e. The summed E-state index contributed by atoms with van der Waals surface area (Å²) in [5.41, 5.74) is -1.05. The Kier molecular flexibility index (Phi) is 11.0. The molecule has 1 saturated carbocycles. The predicted octanol–water partition coefficient (Wildman–Crippen LogP) is 6.43. The highest BCUT2D eigenvalue weighted by atomic mass is 35.5. The molecule has 0 aliphatic heterocycles. The van der Waals surface area contributed by atoms with Crippen LogP contribution in [0.15, 0.2) is 77.7 Å². The Morgan fingerprint density at radius 3 is 2.33 bits per heavy atom. The van der Waals surface area contributed by atoms with Gasteiger partial charge in [-0.05, 0) is 67.3 Å². The Labute approximate surface area is 266 Å². The monoisotopic (exact) mass is 665 g/mol. The standard InChI is InChI=1S/C32H35ClF3N3O5S/c1-3-29(31(41)37-23-11-7-8-12-23)38(20-22-10-9-13-25(18-22)44-2)30(40)21-39(45(42,43)26-14-5-4-6-15-26)24-16-17-28(33)27(19-24)32(34,35)36/h4-6,9-10,13-19,23,29H,3,7-8,11-12,20-21H2,1-2H3,(H,37,41)/t29-/m0/s1. The van der Waals surface area contributed by atoms with Gasteiger partial charge in [-0.15, -0.1) is 0 Å². The van der Waals surface area contributed by atoms with E-state index in [0.717, 1.165) is 37.8 Å². The third-order valence-electron chi connectivity index (χ3n) is 7.73. The zero-order chi connectivity index (χ0) is 32.8. The van der Waals surface area contributed by atoms with Gasteiger partial charge in [-0.3, -0.25) is 13.9 Å². The summed E-state index contributed by atoms with van der Waals surface area (Å²) in [6, 6.07) is 15.6. The van der Waals surface area contributed by atoms with Crippen LogP contribution in [-0.4, -0.2) is 50.9 Å². The van der Waals surface area contributed by atoms with E-state index in [2.05, 4.69) is 5.32 Å². The van der Waals surface area contributed by atoms with Crippen LogP contribution in [0.1, 0.15) is 50.2 Å². The van der Waals surface area contributed by atoms with Crippen LogP contribution in [-0.2, 0) is 32.3 Å². The topological polar surface area (TPSA) is 96.0 Å². The van der Waals surface area contributed by atoms with Gasteiger partial charge in [0.2, 0.25) is 11.8 Å². The minimum atomic E-state index is -4.89. The summed E-state index contributed by atoms with van der Waals surface area (Å²) in [5, 5.41) is 2.39. The lowest BCUT2D eigenvalue weighted by Crippen LogP contribution is -2.53. The van der Waals surface area contributed by atoms with Crippen molar-refractivity contribution in [3.8, 4) is 5.75 Å². The van der Waals surface area contributed by atoms with Gasteiger partial charge >= 0.3 is 6.18 Å². The fraction of sp³-hybridized carbons (Fsp3) is 0.375. The largest absolute Gasteiger partial charge is 0.497 e. The number of methoxy groups -OCH3 is 1. The van der Waals surface area contributed by atoms with Gasteiger partial charge in [-0.25, -0.2) is 8.42 Å². The van der Waals surface area contributed by atoms with Gasteiger partial charge in [-0.1, -0.05) is 61.7 Å². The quantitative estimate of drug-likeness (QED) is 0.241.